The van der Waals surface area contributed by atoms with Crippen molar-refractivity contribution >= 4 is 0 Å². The summed E-state index contributed by atoms with van der Waals surface area (Å²) in [4.78, 5) is 0. The van der Waals surface area contributed by atoms with Crippen LogP contribution in [0.25, 0.3) is 11.1 Å². The van der Waals surface area contributed by atoms with Crippen molar-refractivity contribution in [2.24, 2.45) is 0 Å². The first-order chi connectivity index (χ1) is 9.86. The largest absolute Gasteiger partial charge is 0.497 e. The van der Waals surface area contributed by atoms with Gasteiger partial charge in [0.1, 0.15) is 11.6 Å². The predicted molar refractivity (Wildman–Crippen MR) is 69.3 cm³/mol. The highest BCUT2D eigenvalue weighted by Crippen LogP contribution is 2.35. The molecule has 0 unspecified atom stereocenters. The van der Waals surface area contributed by atoms with Crippen molar-refractivity contribution in [3.8, 4) is 16.9 Å². The van der Waals surface area contributed by atoms with Gasteiger partial charge in [0.25, 0.3) is 0 Å². The Morgan fingerprint density at radius 2 is 1.76 bits per heavy atom. The van der Waals surface area contributed by atoms with E-state index in [1.54, 1.807) is 0 Å². The Hall–Kier alpha value is -2.08. The fourth-order valence-corrected chi connectivity index (χ4v) is 2.00. The average molecular weight is 300 g/mol. The van der Waals surface area contributed by atoms with Crippen LogP contribution in [0.1, 0.15) is 11.1 Å². The molecule has 112 valence electrons. The van der Waals surface area contributed by atoms with E-state index in [1.165, 1.54) is 19.2 Å². The molecule has 0 heterocycles. The molecule has 6 heteroatoms. The van der Waals surface area contributed by atoms with E-state index < -0.39 is 24.2 Å². The number of ether oxygens (including phenoxy) is 1. The second-order valence-electron chi connectivity index (χ2n) is 4.37. The lowest BCUT2D eigenvalue weighted by molar-refractivity contribution is -0.137. The van der Waals surface area contributed by atoms with Crippen LogP contribution in [0.4, 0.5) is 17.6 Å². The highest BCUT2D eigenvalue weighted by molar-refractivity contribution is 5.70. The van der Waals surface area contributed by atoms with Crippen molar-refractivity contribution in [1.29, 1.82) is 0 Å². The Bertz CT molecular complexity index is 651. The van der Waals surface area contributed by atoms with Crippen LogP contribution in [0.2, 0.25) is 0 Å². The molecule has 2 aromatic rings. The number of hydrogen-bond donors (Lipinski definition) is 1. The van der Waals surface area contributed by atoms with E-state index in [4.69, 9.17) is 4.74 Å². The first kappa shape index (κ1) is 15.3. The molecule has 0 aliphatic rings. The minimum Gasteiger partial charge on any atom is -0.497 e. The molecule has 0 aliphatic carbocycles. The zero-order valence-electron chi connectivity index (χ0n) is 11.0. The molecule has 2 nitrogen and oxygen atoms in total. The molecule has 0 amide bonds. The molecule has 0 fully saturated rings. The summed E-state index contributed by atoms with van der Waals surface area (Å²) in [6, 6.07) is 6.75. The van der Waals surface area contributed by atoms with Crippen LogP contribution >= 0.6 is 0 Å². The number of alkyl halides is 3. The second-order valence-corrected chi connectivity index (χ2v) is 4.37. The second kappa shape index (κ2) is 5.73. The third kappa shape index (κ3) is 3.16. The maximum Gasteiger partial charge on any atom is 0.416 e. The fourth-order valence-electron chi connectivity index (χ4n) is 2.00. The average Bonchev–Trinajstić information content (AvgIpc) is 2.46. The molecular weight excluding hydrogens is 288 g/mol. The zero-order chi connectivity index (χ0) is 15.6. The molecule has 0 saturated heterocycles. The molecular formula is C15H12F4O2. The Balaban J connectivity index is 2.59. The zero-order valence-corrected chi connectivity index (χ0v) is 11.0. The van der Waals surface area contributed by atoms with Crippen LogP contribution < -0.4 is 4.74 Å². The number of rotatable bonds is 3. The Kier molecular flexibility index (Phi) is 4.18. The first-order valence-corrected chi connectivity index (χ1v) is 6.01. The van der Waals surface area contributed by atoms with Crippen LogP contribution in [0.15, 0.2) is 36.4 Å². The fraction of sp³-hybridized carbons (Fsp3) is 0.200. The van der Waals surface area contributed by atoms with Gasteiger partial charge in [0, 0.05) is 5.56 Å². The van der Waals surface area contributed by atoms with Crippen LogP contribution in [0.3, 0.4) is 0 Å². The van der Waals surface area contributed by atoms with Gasteiger partial charge in [0.15, 0.2) is 0 Å². The van der Waals surface area contributed by atoms with Crippen LogP contribution in [0.5, 0.6) is 5.75 Å². The van der Waals surface area contributed by atoms with Gasteiger partial charge in [-0.3, -0.25) is 0 Å². The number of methoxy groups -OCH3 is 1. The summed E-state index contributed by atoms with van der Waals surface area (Å²) in [5.41, 5.74) is -0.621. The number of benzene rings is 2. The van der Waals surface area contributed by atoms with E-state index in [2.05, 4.69) is 0 Å². The molecule has 0 bridgehead atoms. The molecule has 0 saturated carbocycles. The highest BCUT2D eigenvalue weighted by atomic mass is 19.4. The van der Waals surface area contributed by atoms with Crippen molar-refractivity contribution < 1.29 is 27.4 Å². The first-order valence-electron chi connectivity index (χ1n) is 6.01. The Labute approximate surface area is 118 Å². The summed E-state index contributed by atoms with van der Waals surface area (Å²) in [6.07, 6.45) is -4.52. The smallest absolute Gasteiger partial charge is 0.416 e. The van der Waals surface area contributed by atoms with Crippen molar-refractivity contribution in [1.82, 2.24) is 0 Å². The molecule has 0 aliphatic heterocycles. The molecule has 0 atom stereocenters. The van der Waals surface area contributed by atoms with Crippen LogP contribution in [-0.2, 0) is 12.8 Å². The molecule has 1 N–H and O–H groups in total. The lowest BCUT2D eigenvalue weighted by Crippen LogP contribution is -2.06. The van der Waals surface area contributed by atoms with E-state index in [9.17, 15) is 22.7 Å². The van der Waals surface area contributed by atoms with Gasteiger partial charge in [-0.05, 0) is 41.5 Å². The van der Waals surface area contributed by atoms with Crippen molar-refractivity contribution in [2.45, 2.75) is 12.8 Å². The van der Waals surface area contributed by atoms with Crippen LogP contribution in [-0.4, -0.2) is 12.2 Å². The van der Waals surface area contributed by atoms with Crippen molar-refractivity contribution in [2.75, 3.05) is 7.11 Å². The summed E-state index contributed by atoms with van der Waals surface area (Å²) >= 11 is 0. The summed E-state index contributed by atoms with van der Waals surface area (Å²) in [6.45, 7) is -0.629. The Morgan fingerprint density at radius 1 is 1.05 bits per heavy atom. The van der Waals surface area contributed by atoms with Gasteiger partial charge in [0.2, 0.25) is 0 Å². The summed E-state index contributed by atoms with van der Waals surface area (Å²) < 4.78 is 56.8. The normalized spacial score (nSPS) is 11.5. The maximum atomic E-state index is 13.9. The Morgan fingerprint density at radius 3 is 2.33 bits per heavy atom. The minimum atomic E-state index is -4.52. The molecule has 0 spiro atoms. The summed E-state index contributed by atoms with van der Waals surface area (Å²) in [5.74, 6) is -0.236. The number of halogens is 4. The summed E-state index contributed by atoms with van der Waals surface area (Å²) in [5, 5.41) is 9.27. The van der Waals surface area contributed by atoms with Gasteiger partial charge in [-0.15, -0.1) is 0 Å². The topological polar surface area (TPSA) is 29.5 Å². The summed E-state index contributed by atoms with van der Waals surface area (Å²) in [7, 11) is 1.40. The maximum absolute atomic E-state index is 13.9. The monoisotopic (exact) mass is 300 g/mol. The van der Waals surface area contributed by atoms with E-state index in [0.29, 0.717) is 5.75 Å². The van der Waals surface area contributed by atoms with Gasteiger partial charge in [-0.1, -0.05) is 6.07 Å². The van der Waals surface area contributed by atoms with Crippen LogP contribution in [0, 0.1) is 5.82 Å². The van der Waals surface area contributed by atoms with Gasteiger partial charge in [0.05, 0.1) is 19.3 Å². The van der Waals surface area contributed by atoms with E-state index >= 15 is 0 Å². The third-order valence-electron chi connectivity index (χ3n) is 3.07. The third-order valence-corrected chi connectivity index (χ3v) is 3.07. The number of hydrogen-bond acceptors (Lipinski definition) is 2. The van der Waals surface area contributed by atoms with E-state index in [1.807, 2.05) is 0 Å². The van der Waals surface area contributed by atoms with E-state index in [-0.39, 0.29) is 16.7 Å². The molecule has 0 aromatic heterocycles. The number of aliphatic hydroxyl groups is 1. The molecule has 21 heavy (non-hydrogen) atoms. The predicted octanol–water partition coefficient (Wildman–Crippen LogP) is 4.01. The van der Waals surface area contributed by atoms with E-state index in [0.717, 1.165) is 24.3 Å². The lowest BCUT2D eigenvalue weighted by Gasteiger charge is -2.13. The molecule has 2 aromatic carbocycles. The highest BCUT2D eigenvalue weighted by Gasteiger charge is 2.31. The minimum absolute atomic E-state index is 0.00280. The van der Waals surface area contributed by atoms with Crippen molar-refractivity contribution in [3.05, 3.63) is 53.3 Å². The van der Waals surface area contributed by atoms with Gasteiger partial charge < -0.3 is 9.84 Å². The molecule has 0 radical (unpaired) electrons. The van der Waals surface area contributed by atoms with Gasteiger partial charge in [-0.25, -0.2) is 4.39 Å². The van der Waals surface area contributed by atoms with Gasteiger partial charge >= 0.3 is 6.18 Å². The molecule has 2 rings (SSSR count). The standard InChI is InChI=1S/C15H12F4O2/c1-21-11-3-5-14(16)13(7-11)12-4-2-10(15(17,18)19)6-9(12)8-20/h2-7,20H,8H2,1H3. The lowest BCUT2D eigenvalue weighted by atomic mass is 9.97. The number of aliphatic hydroxyl groups excluding tert-OH is 1. The quantitative estimate of drug-likeness (QED) is 0.868. The SMILES string of the molecule is COc1ccc(F)c(-c2ccc(C(F)(F)F)cc2CO)c1. The van der Waals surface area contributed by atoms with Crippen molar-refractivity contribution in [3.63, 3.8) is 0 Å². The van der Waals surface area contributed by atoms with Gasteiger partial charge in [-0.2, -0.15) is 13.2 Å².